The quantitative estimate of drug-likeness (QED) is 0.247. The van der Waals surface area contributed by atoms with Crippen LogP contribution in [0.4, 0.5) is 0 Å². The second-order valence-corrected chi connectivity index (χ2v) is 5.68. The summed E-state index contributed by atoms with van der Waals surface area (Å²) in [7, 11) is 3.51. The number of hydrogen-bond acceptors (Lipinski definition) is 3. The molecule has 0 radical (unpaired) electrons. The molecule has 0 atom stereocenters. The molecule has 0 aliphatic heterocycles. The molecule has 0 fully saturated rings. The van der Waals surface area contributed by atoms with E-state index >= 15 is 0 Å². The van der Waals surface area contributed by atoms with E-state index in [1.165, 1.54) is 6.26 Å². The molecule has 0 aliphatic carbocycles. The zero-order chi connectivity index (χ0) is 17.5. The van der Waals surface area contributed by atoms with Crippen LogP contribution in [0.5, 0.6) is 0 Å². The van der Waals surface area contributed by atoms with E-state index in [4.69, 9.17) is 27.6 Å². The fourth-order valence-corrected chi connectivity index (χ4v) is 2.42. The van der Waals surface area contributed by atoms with Crippen molar-refractivity contribution in [2.24, 2.45) is 12.0 Å². The topological polar surface area (TPSA) is 83.6 Å². The lowest BCUT2D eigenvalue weighted by Crippen LogP contribution is -2.41. The Morgan fingerprint density at radius 2 is 2.00 bits per heavy atom. The lowest BCUT2D eigenvalue weighted by molar-refractivity contribution is 0.0926. The first-order valence-corrected chi connectivity index (χ1v) is 8.04. The SMILES string of the molecule is CN=C(NCCNC(=O)c1ccco1)NCc1cc(Cl)c(Cl)n1C.I. The zero-order valence-electron chi connectivity index (χ0n) is 13.8. The average Bonchev–Trinajstić information content (AvgIpc) is 3.19. The summed E-state index contributed by atoms with van der Waals surface area (Å²) in [5, 5.41) is 10.0. The van der Waals surface area contributed by atoms with Crippen molar-refractivity contribution >= 4 is 59.0 Å². The van der Waals surface area contributed by atoms with Crippen molar-refractivity contribution in [1.82, 2.24) is 20.5 Å². The summed E-state index contributed by atoms with van der Waals surface area (Å²) in [6, 6.07) is 5.08. The van der Waals surface area contributed by atoms with Crippen LogP contribution >= 0.6 is 47.2 Å². The van der Waals surface area contributed by atoms with E-state index in [1.54, 1.807) is 29.8 Å². The molecular weight excluding hydrogens is 480 g/mol. The third-order valence-electron chi connectivity index (χ3n) is 3.32. The fraction of sp³-hybridized carbons (Fsp3) is 0.333. The molecule has 0 saturated heterocycles. The minimum absolute atomic E-state index is 0. The van der Waals surface area contributed by atoms with Crippen molar-refractivity contribution in [3.63, 3.8) is 0 Å². The summed E-state index contributed by atoms with van der Waals surface area (Å²) in [5.74, 6) is 0.642. The van der Waals surface area contributed by atoms with Crippen molar-refractivity contribution in [2.45, 2.75) is 6.54 Å². The van der Waals surface area contributed by atoms with Crippen LogP contribution < -0.4 is 16.0 Å². The average molecular weight is 500 g/mol. The highest BCUT2D eigenvalue weighted by molar-refractivity contribution is 14.0. The number of hydrogen-bond donors (Lipinski definition) is 3. The van der Waals surface area contributed by atoms with Gasteiger partial charge in [-0.15, -0.1) is 24.0 Å². The predicted octanol–water partition coefficient (Wildman–Crippen LogP) is 2.64. The van der Waals surface area contributed by atoms with E-state index in [2.05, 4.69) is 20.9 Å². The fourth-order valence-electron chi connectivity index (χ4n) is 2.01. The Morgan fingerprint density at radius 3 is 2.56 bits per heavy atom. The van der Waals surface area contributed by atoms with Crippen LogP contribution in [0.1, 0.15) is 16.2 Å². The van der Waals surface area contributed by atoms with Gasteiger partial charge in [0.2, 0.25) is 0 Å². The first-order chi connectivity index (χ1) is 11.5. The van der Waals surface area contributed by atoms with E-state index in [-0.39, 0.29) is 35.6 Å². The molecule has 7 nitrogen and oxygen atoms in total. The highest BCUT2D eigenvalue weighted by Gasteiger charge is 2.10. The summed E-state index contributed by atoms with van der Waals surface area (Å²) in [5.41, 5.74) is 0.930. The van der Waals surface area contributed by atoms with Gasteiger partial charge in [-0.25, -0.2) is 0 Å². The summed E-state index contributed by atoms with van der Waals surface area (Å²) < 4.78 is 6.81. The third-order valence-corrected chi connectivity index (χ3v) is 4.17. The van der Waals surface area contributed by atoms with Gasteiger partial charge in [0.15, 0.2) is 11.7 Å². The summed E-state index contributed by atoms with van der Waals surface area (Å²) in [6.07, 6.45) is 1.46. The van der Waals surface area contributed by atoms with Crippen LogP contribution in [0, 0.1) is 0 Å². The van der Waals surface area contributed by atoms with Gasteiger partial charge in [0.1, 0.15) is 5.15 Å². The van der Waals surface area contributed by atoms with Gasteiger partial charge >= 0.3 is 0 Å². The van der Waals surface area contributed by atoms with Gasteiger partial charge in [0, 0.05) is 32.9 Å². The Morgan fingerprint density at radius 1 is 1.28 bits per heavy atom. The molecule has 0 bridgehead atoms. The van der Waals surface area contributed by atoms with Gasteiger partial charge in [-0.05, 0) is 18.2 Å². The van der Waals surface area contributed by atoms with Crippen molar-refractivity contribution in [3.05, 3.63) is 46.1 Å². The molecule has 0 aliphatic rings. The second kappa shape index (κ2) is 10.6. The maximum Gasteiger partial charge on any atom is 0.287 e. The van der Waals surface area contributed by atoms with Crippen molar-refractivity contribution in [2.75, 3.05) is 20.1 Å². The molecule has 2 heterocycles. The van der Waals surface area contributed by atoms with Crippen LogP contribution in [-0.2, 0) is 13.6 Å². The standard InChI is InChI=1S/C15H19Cl2N5O2.HI/c1-18-15(21-9-10-8-11(16)13(17)22(10)2)20-6-5-19-14(23)12-4-3-7-24-12;/h3-4,7-8H,5-6,9H2,1-2H3,(H,19,23)(H2,18,20,21);1H. The maximum absolute atomic E-state index is 11.7. The van der Waals surface area contributed by atoms with Crippen LogP contribution in [0.2, 0.25) is 10.2 Å². The molecule has 10 heteroatoms. The molecule has 0 saturated carbocycles. The van der Waals surface area contributed by atoms with Crippen molar-refractivity contribution < 1.29 is 9.21 Å². The van der Waals surface area contributed by atoms with Gasteiger partial charge in [-0.2, -0.15) is 0 Å². The Labute approximate surface area is 173 Å². The highest BCUT2D eigenvalue weighted by atomic mass is 127. The van der Waals surface area contributed by atoms with Gasteiger partial charge in [0.25, 0.3) is 5.91 Å². The van der Waals surface area contributed by atoms with E-state index < -0.39 is 0 Å². The first-order valence-electron chi connectivity index (χ1n) is 7.28. The molecule has 2 aromatic rings. The van der Waals surface area contributed by atoms with E-state index in [0.717, 1.165) is 5.69 Å². The van der Waals surface area contributed by atoms with E-state index in [0.29, 0.717) is 35.8 Å². The Bertz CT molecular complexity index is 716. The maximum atomic E-state index is 11.7. The molecular formula is C15H20Cl2IN5O2. The van der Waals surface area contributed by atoms with Gasteiger partial charge in [-0.3, -0.25) is 9.79 Å². The number of rotatable bonds is 6. The summed E-state index contributed by atoms with van der Waals surface area (Å²) in [4.78, 5) is 15.8. The number of amides is 1. The highest BCUT2D eigenvalue weighted by Crippen LogP contribution is 2.24. The molecule has 1 amide bonds. The number of carbonyl (C=O) groups excluding carboxylic acids is 1. The number of aromatic nitrogens is 1. The smallest absolute Gasteiger partial charge is 0.287 e. The molecule has 0 unspecified atom stereocenters. The molecule has 2 aromatic heterocycles. The van der Waals surface area contributed by atoms with Crippen LogP contribution in [-0.4, -0.2) is 36.6 Å². The largest absolute Gasteiger partial charge is 0.459 e. The van der Waals surface area contributed by atoms with Gasteiger partial charge in [-0.1, -0.05) is 23.2 Å². The Kier molecular flexibility index (Phi) is 9.15. The Hall–Kier alpha value is -1.39. The molecule has 138 valence electrons. The lowest BCUT2D eigenvalue weighted by Gasteiger charge is -2.12. The first kappa shape index (κ1) is 21.7. The number of aliphatic imine (C=N–C) groups is 1. The minimum atomic E-state index is -0.252. The molecule has 0 aromatic carbocycles. The molecule has 3 N–H and O–H groups in total. The van der Waals surface area contributed by atoms with Crippen LogP contribution in [0.25, 0.3) is 0 Å². The Balaban J connectivity index is 0.00000312. The number of carbonyl (C=O) groups is 1. The van der Waals surface area contributed by atoms with Crippen molar-refractivity contribution in [3.8, 4) is 0 Å². The predicted molar refractivity (Wildman–Crippen MR) is 110 cm³/mol. The van der Waals surface area contributed by atoms with Gasteiger partial charge < -0.3 is 24.9 Å². The summed E-state index contributed by atoms with van der Waals surface area (Å²) >= 11 is 12.0. The van der Waals surface area contributed by atoms with Crippen LogP contribution in [0.3, 0.4) is 0 Å². The van der Waals surface area contributed by atoms with Crippen LogP contribution in [0.15, 0.2) is 33.9 Å². The van der Waals surface area contributed by atoms with E-state index in [1.807, 2.05) is 7.05 Å². The zero-order valence-corrected chi connectivity index (χ0v) is 17.6. The van der Waals surface area contributed by atoms with Gasteiger partial charge in [0.05, 0.1) is 17.8 Å². The number of guanidine groups is 1. The minimum Gasteiger partial charge on any atom is -0.459 e. The number of nitrogens with one attached hydrogen (secondary N) is 3. The normalized spacial score (nSPS) is 11.0. The molecule has 2 rings (SSSR count). The third kappa shape index (κ3) is 6.12. The van der Waals surface area contributed by atoms with E-state index in [9.17, 15) is 4.79 Å². The van der Waals surface area contributed by atoms with Crippen molar-refractivity contribution in [1.29, 1.82) is 0 Å². The number of furan rings is 1. The number of halogens is 3. The molecule has 0 spiro atoms. The summed E-state index contributed by atoms with van der Waals surface area (Å²) in [6.45, 7) is 1.46. The molecule has 25 heavy (non-hydrogen) atoms. The monoisotopic (exact) mass is 499 g/mol. The number of nitrogens with zero attached hydrogens (tertiary/aromatic N) is 2. The second-order valence-electron chi connectivity index (χ2n) is 4.92. The lowest BCUT2D eigenvalue weighted by atomic mass is 10.4.